The number of carbonyl (C=O) groups excluding carboxylic acids is 1. The molecule has 0 spiro atoms. The molecule has 0 saturated heterocycles. The summed E-state index contributed by atoms with van der Waals surface area (Å²) in [6.07, 6.45) is 3.43. The quantitative estimate of drug-likeness (QED) is 0.788. The van der Waals surface area contributed by atoms with Crippen LogP contribution in [0, 0.1) is 0 Å². The van der Waals surface area contributed by atoms with E-state index in [4.69, 9.17) is 4.74 Å². The van der Waals surface area contributed by atoms with Gasteiger partial charge in [0, 0.05) is 17.9 Å². The molecule has 0 aliphatic heterocycles. The monoisotopic (exact) mass is 363 g/mol. The number of ether oxygens (including phenoxy) is 1. The lowest BCUT2D eigenvalue weighted by Gasteiger charge is -2.14. The van der Waals surface area contributed by atoms with Crippen molar-refractivity contribution >= 4 is 21.6 Å². The molecule has 1 aromatic heterocycles. The summed E-state index contributed by atoms with van der Waals surface area (Å²) in [7, 11) is -3.34. The summed E-state index contributed by atoms with van der Waals surface area (Å²) in [5.41, 5.74) is 0.756. The van der Waals surface area contributed by atoms with E-state index in [-0.39, 0.29) is 17.8 Å². The van der Waals surface area contributed by atoms with Gasteiger partial charge in [0.1, 0.15) is 11.3 Å². The first-order chi connectivity index (χ1) is 11.8. The van der Waals surface area contributed by atoms with E-state index < -0.39 is 10.0 Å². The van der Waals surface area contributed by atoms with Crippen LogP contribution in [0.15, 0.2) is 42.6 Å². The average molecular weight is 363 g/mol. The molecule has 1 amide bonds. The van der Waals surface area contributed by atoms with Crippen LogP contribution >= 0.6 is 0 Å². The number of nitrogens with one attached hydrogen (secondary N) is 2. The molecule has 0 aliphatic carbocycles. The molecule has 0 aliphatic rings. The summed E-state index contributed by atoms with van der Waals surface area (Å²) in [4.78, 5) is 16.4. The number of nitrogens with zero attached hydrogens (tertiary/aromatic N) is 1. The highest BCUT2D eigenvalue weighted by Crippen LogP contribution is 2.24. The molecule has 7 nitrogen and oxygen atoms in total. The second kappa shape index (κ2) is 7.98. The SMILES string of the molecule is CCC(C)NC(=O)c1cccnc1Oc1ccc(NS(C)(=O)=O)cc1. The molecular weight excluding hydrogens is 342 g/mol. The minimum Gasteiger partial charge on any atom is -0.438 e. The first kappa shape index (κ1) is 18.7. The zero-order valence-corrected chi connectivity index (χ0v) is 15.1. The Kier molecular flexibility index (Phi) is 5.97. The molecule has 0 saturated carbocycles. The number of sulfonamides is 1. The summed E-state index contributed by atoms with van der Waals surface area (Å²) in [5, 5.41) is 2.87. The predicted molar refractivity (Wildman–Crippen MR) is 96.4 cm³/mol. The van der Waals surface area contributed by atoms with Crippen LogP contribution in [0.3, 0.4) is 0 Å². The minimum absolute atomic E-state index is 0.0434. The number of carbonyl (C=O) groups is 1. The lowest BCUT2D eigenvalue weighted by molar-refractivity contribution is 0.0936. The van der Waals surface area contributed by atoms with Gasteiger partial charge in [-0.1, -0.05) is 6.92 Å². The van der Waals surface area contributed by atoms with Gasteiger partial charge in [-0.15, -0.1) is 0 Å². The van der Waals surface area contributed by atoms with E-state index in [1.165, 1.54) is 6.20 Å². The number of hydrogen-bond acceptors (Lipinski definition) is 5. The fourth-order valence-corrected chi connectivity index (χ4v) is 2.53. The Morgan fingerprint density at radius 3 is 2.52 bits per heavy atom. The topological polar surface area (TPSA) is 97.4 Å². The van der Waals surface area contributed by atoms with Crippen LogP contribution in [0.2, 0.25) is 0 Å². The minimum atomic E-state index is -3.34. The summed E-state index contributed by atoms with van der Waals surface area (Å²) >= 11 is 0. The lowest BCUT2D eigenvalue weighted by atomic mass is 10.2. The molecular formula is C17H21N3O4S. The van der Waals surface area contributed by atoms with Gasteiger partial charge < -0.3 is 10.1 Å². The van der Waals surface area contributed by atoms with Crippen molar-refractivity contribution in [1.82, 2.24) is 10.3 Å². The number of benzene rings is 1. The third kappa shape index (κ3) is 5.75. The van der Waals surface area contributed by atoms with Crippen molar-refractivity contribution in [3.8, 4) is 11.6 Å². The van der Waals surface area contributed by atoms with E-state index in [9.17, 15) is 13.2 Å². The predicted octanol–water partition coefficient (Wildman–Crippen LogP) is 2.77. The van der Waals surface area contributed by atoms with E-state index in [1.807, 2.05) is 13.8 Å². The highest BCUT2D eigenvalue weighted by molar-refractivity contribution is 7.92. The summed E-state index contributed by atoms with van der Waals surface area (Å²) < 4.78 is 30.5. The Morgan fingerprint density at radius 1 is 1.24 bits per heavy atom. The van der Waals surface area contributed by atoms with Gasteiger partial charge in [-0.3, -0.25) is 9.52 Å². The molecule has 0 radical (unpaired) electrons. The molecule has 25 heavy (non-hydrogen) atoms. The zero-order valence-electron chi connectivity index (χ0n) is 14.3. The first-order valence-electron chi connectivity index (χ1n) is 7.80. The van der Waals surface area contributed by atoms with Crippen molar-refractivity contribution in [1.29, 1.82) is 0 Å². The maximum atomic E-state index is 12.3. The van der Waals surface area contributed by atoms with Gasteiger partial charge in [0.05, 0.1) is 6.26 Å². The Morgan fingerprint density at radius 2 is 1.92 bits per heavy atom. The molecule has 134 valence electrons. The molecule has 0 fully saturated rings. The van der Waals surface area contributed by atoms with Crippen LogP contribution in [0.5, 0.6) is 11.6 Å². The largest absolute Gasteiger partial charge is 0.438 e. The van der Waals surface area contributed by atoms with E-state index >= 15 is 0 Å². The van der Waals surface area contributed by atoms with Crippen molar-refractivity contribution < 1.29 is 17.9 Å². The Labute approximate surface area is 147 Å². The molecule has 2 aromatic rings. The van der Waals surface area contributed by atoms with E-state index in [0.717, 1.165) is 12.7 Å². The number of anilines is 1. The average Bonchev–Trinajstić information content (AvgIpc) is 2.55. The van der Waals surface area contributed by atoms with Crippen LogP contribution in [0.1, 0.15) is 30.6 Å². The highest BCUT2D eigenvalue weighted by atomic mass is 32.2. The lowest BCUT2D eigenvalue weighted by Crippen LogP contribution is -2.32. The maximum Gasteiger partial charge on any atom is 0.256 e. The van der Waals surface area contributed by atoms with Gasteiger partial charge in [0.25, 0.3) is 5.91 Å². The maximum absolute atomic E-state index is 12.3. The van der Waals surface area contributed by atoms with Gasteiger partial charge >= 0.3 is 0 Å². The Balaban J connectivity index is 2.16. The number of rotatable bonds is 7. The van der Waals surface area contributed by atoms with Crippen LogP contribution < -0.4 is 14.8 Å². The van der Waals surface area contributed by atoms with E-state index in [0.29, 0.717) is 17.0 Å². The molecule has 2 rings (SSSR count). The molecule has 1 atom stereocenters. The van der Waals surface area contributed by atoms with E-state index in [2.05, 4.69) is 15.0 Å². The fraction of sp³-hybridized carbons (Fsp3) is 0.294. The summed E-state index contributed by atoms with van der Waals surface area (Å²) in [5.74, 6) is 0.371. The van der Waals surface area contributed by atoms with Crippen molar-refractivity contribution in [2.45, 2.75) is 26.3 Å². The van der Waals surface area contributed by atoms with Crippen LogP contribution in [0.4, 0.5) is 5.69 Å². The van der Waals surface area contributed by atoms with Crippen LogP contribution in [0.25, 0.3) is 0 Å². The van der Waals surface area contributed by atoms with Crippen LogP contribution in [-0.2, 0) is 10.0 Å². The molecule has 2 N–H and O–H groups in total. The molecule has 8 heteroatoms. The molecule has 1 heterocycles. The first-order valence-corrected chi connectivity index (χ1v) is 9.69. The standard InChI is InChI=1S/C17H21N3O4S/c1-4-12(2)19-16(21)15-6-5-11-18-17(15)24-14-9-7-13(8-10-14)20-25(3,22)23/h5-12,20H,4H2,1-3H3,(H,19,21). The van der Waals surface area contributed by atoms with Crippen molar-refractivity contribution in [2.75, 3.05) is 11.0 Å². The highest BCUT2D eigenvalue weighted by Gasteiger charge is 2.15. The molecule has 1 unspecified atom stereocenters. The van der Waals surface area contributed by atoms with Crippen molar-refractivity contribution in [2.24, 2.45) is 0 Å². The number of aromatic nitrogens is 1. The molecule has 0 bridgehead atoms. The second-order valence-corrected chi connectivity index (χ2v) is 7.39. The van der Waals surface area contributed by atoms with Gasteiger partial charge in [-0.2, -0.15) is 0 Å². The Bertz CT molecular complexity index is 835. The normalized spacial score (nSPS) is 12.3. The van der Waals surface area contributed by atoms with E-state index in [1.54, 1.807) is 36.4 Å². The fourth-order valence-electron chi connectivity index (χ4n) is 1.97. The smallest absolute Gasteiger partial charge is 0.256 e. The number of amides is 1. The van der Waals surface area contributed by atoms with Gasteiger partial charge in [-0.05, 0) is 49.7 Å². The van der Waals surface area contributed by atoms with Crippen LogP contribution in [-0.4, -0.2) is 31.6 Å². The van der Waals surface area contributed by atoms with Gasteiger partial charge in [0.15, 0.2) is 0 Å². The summed E-state index contributed by atoms with van der Waals surface area (Å²) in [6, 6.07) is 9.67. The van der Waals surface area contributed by atoms with Crippen molar-refractivity contribution in [3.05, 3.63) is 48.2 Å². The number of hydrogen-bond donors (Lipinski definition) is 2. The van der Waals surface area contributed by atoms with Gasteiger partial charge in [0.2, 0.25) is 15.9 Å². The summed E-state index contributed by atoms with van der Waals surface area (Å²) in [6.45, 7) is 3.90. The zero-order chi connectivity index (χ0) is 18.4. The number of pyridine rings is 1. The van der Waals surface area contributed by atoms with Gasteiger partial charge in [-0.25, -0.2) is 13.4 Å². The van der Waals surface area contributed by atoms with Crippen molar-refractivity contribution in [3.63, 3.8) is 0 Å². The Hall–Kier alpha value is -2.61. The third-order valence-corrected chi connectivity index (χ3v) is 3.98. The third-order valence-electron chi connectivity index (χ3n) is 3.38. The second-order valence-electron chi connectivity index (χ2n) is 5.64. The molecule has 1 aromatic carbocycles.